The largest absolute Gasteiger partial charge is 0.321 e. The first kappa shape index (κ1) is 12.4. The number of amides is 1. The van der Waals surface area contributed by atoms with Crippen LogP contribution in [-0.4, -0.2) is 10.9 Å². The lowest BCUT2D eigenvalue weighted by molar-refractivity contribution is 0.102. The molecule has 1 N–H and O–H groups in total. The summed E-state index contributed by atoms with van der Waals surface area (Å²) < 4.78 is 25.6. The van der Waals surface area contributed by atoms with E-state index in [9.17, 15) is 13.6 Å². The van der Waals surface area contributed by atoms with Crippen LogP contribution >= 0.6 is 11.6 Å². The number of nitrogens with one attached hydrogen (secondary N) is 1. The molecule has 1 aromatic carbocycles. The predicted octanol–water partition coefficient (Wildman–Crippen LogP) is 3.27. The molecule has 0 radical (unpaired) electrons. The van der Waals surface area contributed by atoms with Crippen LogP contribution in [-0.2, 0) is 0 Å². The Morgan fingerprint density at radius 2 is 1.94 bits per heavy atom. The molecule has 0 aliphatic heterocycles. The molecule has 0 bridgehead atoms. The second-order valence-corrected chi connectivity index (χ2v) is 3.88. The van der Waals surface area contributed by atoms with E-state index < -0.39 is 17.5 Å². The zero-order chi connectivity index (χ0) is 13.1. The van der Waals surface area contributed by atoms with Crippen LogP contribution in [0.5, 0.6) is 0 Å². The molecule has 92 valence electrons. The Labute approximate surface area is 106 Å². The van der Waals surface area contributed by atoms with Crippen molar-refractivity contribution in [1.82, 2.24) is 4.98 Å². The smallest absolute Gasteiger partial charge is 0.274 e. The third-order valence-corrected chi connectivity index (χ3v) is 2.36. The summed E-state index contributed by atoms with van der Waals surface area (Å²) in [4.78, 5) is 15.5. The van der Waals surface area contributed by atoms with Crippen LogP contribution in [0, 0.1) is 11.6 Å². The van der Waals surface area contributed by atoms with Crippen molar-refractivity contribution in [2.75, 3.05) is 5.32 Å². The molecule has 1 aromatic heterocycles. The highest BCUT2D eigenvalue weighted by Crippen LogP contribution is 2.14. The highest BCUT2D eigenvalue weighted by molar-refractivity contribution is 6.30. The van der Waals surface area contributed by atoms with Crippen molar-refractivity contribution < 1.29 is 13.6 Å². The number of halogens is 3. The molecule has 1 heterocycles. The Balaban J connectivity index is 2.16. The van der Waals surface area contributed by atoms with Crippen LogP contribution in [0.3, 0.4) is 0 Å². The zero-order valence-electron chi connectivity index (χ0n) is 8.95. The molecule has 2 aromatic rings. The van der Waals surface area contributed by atoms with Gasteiger partial charge in [0.25, 0.3) is 5.91 Å². The average Bonchev–Trinajstić information content (AvgIpc) is 2.34. The number of pyridine rings is 1. The van der Waals surface area contributed by atoms with Crippen LogP contribution in [0.4, 0.5) is 14.5 Å². The van der Waals surface area contributed by atoms with Crippen molar-refractivity contribution in [3.8, 4) is 0 Å². The Hall–Kier alpha value is -2.01. The molecular weight excluding hydrogens is 262 g/mol. The number of aromatic nitrogens is 1. The van der Waals surface area contributed by atoms with Crippen molar-refractivity contribution in [2.24, 2.45) is 0 Å². The van der Waals surface area contributed by atoms with Gasteiger partial charge in [0, 0.05) is 18.0 Å². The maximum atomic E-state index is 12.9. The summed E-state index contributed by atoms with van der Waals surface area (Å²) in [5, 5.41) is 2.80. The van der Waals surface area contributed by atoms with Gasteiger partial charge < -0.3 is 5.32 Å². The Morgan fingerprint density at radius 1 is 1.17 bits per heavy atom. The first-order chi connectivity index (χ1) is 8.56. The second kappa shape index (κ2) is 5.10. The molecule has 0 aliphatic carbocycles. The lowest BCUT2D eigenvalue weighted by atomic mass is 10.2. The first-order valence-corrected chi connectivity index (χ1v) is 5.32. The highest BCUT2D eigenvalue weighted by atomic mass is 35.5. The number of carbonyl (C=O) groups excluding carboxylic acids is 1. The van der Waals surface area contributed by atoms with E-state index in [0.29, 0.717) is 5.02 Å². The van der Waals surface area contributed by atoms with Crippen molar-refractivity contribution in [2.45, 2.75) is 0 Å². The van der Waals surface area contributed by atoms with Gasteiger partial charge in [0.15, 0.2) is 11.6 Å². The Morgan fingerprint density at radius 3 is 2.56 bits per heavy atom. The molecule has 0 saturated heterocycles. The van der Waals surface area contributed by atoms with E-state index in [1.165, 1.54) is 24.4 Å². The van der Waals surface area contributed by atoms with Gasteiger partial charge >= 0.3 is 0 Å². The summed E-state index contributed by atoms with van der Waals surface area (Å²) >= 11 is 5.63. The van der Waals surface area contributed by atoms with Gasteiger partial charge in [0.05, 0.1) is 5.02 Å². The summed E-state index contributed by atoms with van der Waals surface area (Å²) in [5.41, 5.74) is 0.278. The molecule has 0 atom stereocenters. The van der Waals surface area contributed by atoms with Crippen molar-refractivity contribution in [1.29, 1.82) is 0 Å². The Kier molecular flexibility index (Phi) is 3.53. The molecule has 2 rings (SSSR count). The minimum atomic E-state index is -1.03. The molecule has 18 heavy (non-hydrogen) atoms. The fourth-order valence-electron chi connectivity index (χ4n) is 1.28. The number of anilines is 1. The van der Waals surface area contributed by atoms with Gasteiger partial charge in [-0.3, -0.25) is 4.79 Å². The third kappa shape index (κ3) is 2.81. The third-order valence-electron chi connectivity index (χ3n) is 2.14. The SMILES string of the molecule is O=C(Nc1ccc(F)c(F)c1)c1ccc(Cl)cn1. The normalized spacial score (nSPS) is 10.2. The Bertz CT molecular complexity index is 587. The maximum absolute atomic E-state index is 12.9. The molecule has 1 amide bonds. The quantitative estimate of drug-likeness (QED) is 0.908. The van der Waals surface area contributed by atoms with Gasteiger partial charge in [-0.1, -0.05) is 11.6 Å². The van der Waals surface area contributed by atoms with Crippen LogP contribution in [0.25, 0.3) is 0 Å². The molecule has 3 nitrogen and oxygen atoms in total. The topological polar surface area (TPSA) is 42.0 Å². The monoisotopic (exact) mass is 268 g/mol. The number of hydrogen-bond acceptors (Lipinski definition) is 2. The molecule has 0 aliphatic rings. The molecular formula is C12H7ClF2N2O. The first-order valence-electron chi connectivity index (χ1n) is 4.94. The summed E-state index contributed by atoms with van der Waals surface area (Å²) in [6.45, 7) is 0. The van der Waals surface area contributed by atoms with Crippen LogP contribution in [0.1, 0.15) is 10.5 Å². The minimum Gasteiger partial charge on any atom is -0.321 e. The number of hydrogen-bond donors (Lipinski definition) is 1. The van der Waals surface area contributed by atoms with Crippen molar-refractivity contribution in [3.63, 3.8) is 0 Å². The lowest BCUT2D eigenvalue weighted by Gasteiger charge is -2.05. The van der Waals surface area contributed by atoms with E-state index in [2.05, 4.69) is 10.3 Å². The van der Waals surface area contributed by atoms with Crippen LogP contribution in [0.15, 0.2) is 36.5 Å². The van der Waals surface area contributed by atoms with Crippen molar-refractivity contribution in [3.05, 3.63) is 58.9 Å². The predicted molar refractivity (Wildman–Crippen MR) is 63.6 cm³/mol. The lowest BCUT2D eigenvalue weighted by Crippen LogP contribution is -2.13. The van der Waals surface area contributed by atoms with E-state index in [0.717, 1.165) is 12.1 Å². The van der Waals surface area contributed by atoms with Gasteiger partial charge in [0.2, 0.25) is 0 Å². The summed E-state index contributed by atoms with van der Waals surface area (Å²) in [7, 11) is 0. The number of benzene rings is 1. The van der Waals surface area contributed by atoms with E-state index in [1.807, 2.05) is 0 Å². The molecule has 0 fully saturated rings. The minimum absolute atomic E-state index is 0.129. The van der Waals surface area contributed by atoms with Crippen LogP contribution < -0.4 is 5.32 Å². The van der Waals surface area contributed by atoms with E-state index in [4.69, 9.17) is 11.6 Å². The van der Waals surface area contributed by atoms with E-state index in [-0.39, 0.29) is 11.4 Å². The fraction of sp³-hybridized carbons (Fsp3) is 0. The zero-order valence-corrected chi connectivity index (χ0v) is 9.71. The standard InChI is InChI=1S/C12H7ClF2N2O/c13-7-1-4-11(16-6-7)12(18)17-8-2-3-9(14)10(15)5-8/h1-6H,(H,17,18). The van der Waals surface area contributed by atoms with Crippen molar-refractivity contribution >= 4 is 23.2 Å². The van der Waals surface area contributed by atoms with Crippen LogP contribution in [0.2, 0.25) is 5.02 Å². The number of carbonyl (C=O) groups is 1. The van der Waals surface area contributed by atoms with E-state index >= 15 is 0 Å². The van der Waals surface area contributed by atoms with Gasteiger partial charge in [-0.2, -0.15) is 0 Å². The van der Waals surface area contributed by atoms with Gasteiger partial charge in [0.1, 0.15) is 5.69 Å². The average molecular weight is 269 g/mol. The van der Waals surface area contributed by atoms with Gasteiger partial charge in [-0.25, -0.2) is 13.8 Å². The molecule has 0 spiro atoms. The van der Waals surface area contributed by atoms with Gasteiger partial charge in [-0.05, 0) is 24.3 Å². The number of rotatable bonds is 2. The highest BCUT2D eigenvalue weighted by Gasteiger charge is 2.09. The summed E-state index contributed by atoms with van der Waals surface area (Å²) in [5.74, 6) is -2.54. The second-order valence-electron chi connectivity index (χ2n) is 3.44. The number of nitrogens with zero attached hydrogens (tertiary/aromatic N) is 1. The summed E-state index contributed by atoms with van der Waals surface area (Å²) in [6.07, 6.45) is 1.32. The summed E-state index contributed by atoms with van der Waals surface area (Å²) in [6, 6.07) is 6.02. The maximum Gasteiger partial charge on any atom is 0.274 e. The molecule has 0 saturated carbocycles. The van der Waals surface area contributed by atoms with Gasteiger partial charge in [-0.15, -0.1) is 0 Å². The van der Waals surface area contributed by atoms with E-state index in [1.54, 1.807) is 0 Å². The fourth-order valence-corrected chi connectivity index (χ4v) is 1.39. The molecule has 0 unspecified atom stereocenters. The molecule has 6 heteroatoms.